The smallest absolute Gasteiger partial charge is 0.303 e. The Morgan fingerprint density at radius 3 is 1.68 bits per heavy atom. The highest BCUT2D eigenvalue weighted by molar-refractivity contribution is 5.70. The second-order valence-corrected chi connectivity index (χ2v) is 9.51. The van der Waals surface area contributed by atoms with Crippen LogP contribution >= 0.6 is 0 Å². The van der Waals surface area contributed by atoms with E-state index in [1.54, 1.807) is 6.92 Å². The van der Waals surface area contributed by atoms with E-state index in [1.807, 2.05) is 0 Å². The summed E-state index contributed by atoms with van der Waals surface area (Å²) in [5, 5.41) is 3.19. The summed E-state index contributed by atoms with van der Waals surface area (Å²) in [7, 11) is 1.33. The predicted octanol–water partition coefficient (Wildman–Crippen LogP) is -0.134. The Morgan fingerprint density at radius 1 is 0.707 bits per heavy atom. The first kappa shape index (κ1) is 33.6. The van der Waals surface area contributed by atoms with Crippen LogP contribution in [-0.2, 0) is 66.7 Å². The van der Waals surface area contributed by atoms with Gasteiger partial charge in [0.2, 0.25) is 0 Å². The molecule has 1 heterocycles. The second-order valence-electron chi connectivity index (χ2n) is 9.51. The summed E-state index contributed by atoms with van der Waals surface area (Å²) in [6.07, 6.45) is -6.67. The highest BCUT2D eigenvalue weighted by Crippen LogP contribution is 2.32. The maximum atomic E-state index is 12.2. The first-order valence-corrected chi connectivity index (χ1v) is 12.8. The molecule has 0 aromatic rings. The maximum absolute atomic E-state index is 12.2. The Balaban J connectivity index is 2.65. The molecule has 15 nitrogen and oxygen atoms in total. The highest BCUT2D eigenvalue weighted by atomic mass is 16.7. The fourth-order valence-corrected chi connectivity index (χ4v) is 4.73. The average molecular weight is 588 g/mol. The summed E-state index contributed by atoms with van der Waals surface area (Å²) >= 11 is 0. The zero-order valence-electron chi connectivity index (χ0n) is 24.2. The molecule has 2 aliphatic rings. The van der Waals surface area contributed by atoms with Crippen LogP contribution in [0.3, 0.4) is 0 Å². The molecule has 41 heavy (non-hydrogen) atoms. The molecule has 0 radical (unpaired) electrons. The molecule has 0 saturated carbocycles. The van der Waals surface area contributed by atoms with Crippen LogP contribution in [0.15, 0.2) is 11.6 Å². The summed E-state index contributed by atoms with van der Waals surface area (Å²) in [4.78, 5) is 71.9. The molecule has 1 saturated heterocycles. The molecule has 0 aromatic heterocycles. The molecule has 1 aliphatic carbocycles. The van der Waals surface area contributed by atoms with Crippen LogP contribution in [0.2, 0.25) is 0 Å². The standard InChI is InChI=1S/C26H37NO14/c1-11-20(23(39-15(5)31)25(41-17(7)33)26(34-8)36-11)27-19-9-18(10-35-12(2)28)21(37-13(3)29)24(40-16(6)32)22(19)38-14(4)30/h9,11,19-27H,10H2,1-8H3/t11-,19+,20-,21-,22+,23+,24+,25-,26+/m1/s1. The third kappa shape index (κ3) is 9.50. The summed E-state index contributed by atoms with van der Waals surface area (Å²) in [6, 6.07) is -1.95. The van der Waals surface area contributed by atoms with Gasteiger partial charge >= 0.3 is 35.8 Å². The largest absolute Gasteiger partial charge is 0.461 e. The fraction of sp³-hybridized carbons (Fsp3) is 0.692. The van der Waals surface area contributed by atoms with Crippen molar-refractivity contribution in [3.8, 4) is 0 Å². The zero-order valence-corrected chi connectivity index (χ0v) is 24.2. The van der Waals surface area contributed by atoms with Crippen LogP contribution in [0.25, 0.3) is 0 Å². The minimum atomic E-state index is -1.38. The molecular formula is C26H37NO14. The number of rotatable bonds is 10. The van der Waals surface area contributed by atoms with Gasteiger partial charge in [-0.05, 0) is 6.92 Å². The molecule has 0 unspecified atom stereocenters. The van der Waals surface area contributed by atoms with E-state index in [2.05, 4.69) is 5.32 Å². The van der Waals surface area contributed by atoms with Crippen molar-refractivity contribution < 1.29 is 66.7 Å². The molecule has 0 spiro atoms. The average Bonchev–Trinajstić information content (AvgIpc) is 2.83. The second kappa shape index (κ2) is 14.9. The third-order valence-corrected chi connectivity index (χ3v) is 6.10. The fourth-order valence-electron chi connectivity index (χ4n) is 4.73. The lowest BCUT2D eigenvalue weighted by molar-refractivity contribution is -0.274. The van der Waals surface area contributed by atoms with Gasteiger partial charge in [0.05, 0.1) is 18.2 Å². The lowest BCUT2D eigenvalue weighted by atomic mass is 9.85. The highest BCUT2D eigenvalue weighted by Gasteiger charge is 2.52. The number of ether oxygens (including phenoxy) is 8. The van der Waals surface area contributed by atoms with Crippen molar-refractivity contribution in [3.63, 3.8) is 0 Å². The number of nitrogens with one attached hydrogen (secondary N) is 1. The number of carbonyl (C=O) groups is 6. The minimum Gasteiger partial charge on any atom is -0.461 e. The first-order valence-electron chi connectivity index (χ1n) is 12.8. The molecule has 1 fully saturated rings. The summed E-state index contributed by atoms with van der Waals surface area (Å²) in [5.41, 5.74) is 0.210. The van der Waals surface area contributed by atoms with Crippen LogP contribution in [0.5, 0.6) is 0 Å². The van der Waals surface area contributed by atoms with Gasteiger partial charge in [-0.1, -0.05) is 6.08 Å². The Bertz CT molecular complexity index is 1040. The van der Waals surface area contributed by atoms with Gasteiger partial charge in [0.25, 0.3) is 0 Å². The first-order chi connectivity index (χ1) is 19.1. The molecule has 0 aromatic carbocycles. The van der Waals surface area contributed by atoms with Crippen LogP contribution in [-0.4, -0.2) is 105 Å². The van der Waals surface area contributed by atoms with Crippen molar-refractivity contribution in [3.05, 3.63) is 11.6 Å². The van der Waals surface area contributed by atoms with Gasteiger partial charge in [0.15, 0.2) is 36.8 Å². The molecule has 0 amide bonds. The Labute approximate surface area is 237 Å². The number of hydrogen-bond donors (Lipinski definition) is 1. The number of carbonyl (C=O) groups excluding carboxylic acids is 6. The van der Waals surface area contributed by atoms with Crippen molar-refractivity contribution in [2.24, 2.45) is 0 Å². The van der Waals surface area contributed by atoms with Gasteiger partial charge in [-0.15, -0.1) is 0 Å². The third-order valence-electron chi connectivity index (χ3n) is 6.10. The Kier molecular flexibility index (Phi) is 12.2. The van der Waals surface area contributed by atoms with Crippen molar-refractivity contribution in [1.29, 1.82) is 0 Å². The monoisotopic (exact) mass is 587 g/mol. The van der Waals surface area contributed by atoms with E-state index in [1.165, 1.54) is 34.0 Å². The summed E-state index contributed by atoms with van der Waals surface area (Å²) in [5.74, 6) is -4.29. The molecule has 2 rings (SSSR count). The Hall–Kier alpha value is -3.56. The van der Waals surface area contributed by atoms with Gasteiger partial charge in [0, 0.05) is 54.2 Å². The minimum absolute atomic E-state index is 0.210. The molecule has 9 atom stereocenters. The zero-order chi connectivity index (χ0) is 31.0. The van der Waals surface area contributed by atoms with Gasteiger partial charge in [0.1, 0.15) is 6.61 Å². The van der Waals surface area contributed by atoms with Crippen LogP contribution in [0.4, 0.5) is 0 Å². The maximum Gasteiger partial charge on any atom is 0.303 e. The van der Waals surface area contributed by atoms with E-state index < -0.39 is 90.8 Å². The van der Waals surface area contributed by atoms with Crippen LogP contribution < -0.4 is 5.32 Å². The van der Waals surface area contributed by atoms with Gasteiger partial charge in [-0.3, -0.25) is 34.1 Å². The SMILES string of the molecule is CO[C@H]1O[C@H](C)[C@@H](N[C@H]2C=C(COC(C)=O)[C@@H](OC(C)=O)[C@H](OC(C)=O)[C@H]2OC(C)=O)[C@H](OC(C)=O)[C@H]1OC(C)=O. The van der Waals surface area contributed by atoms with E-state index in [-0.39, 0.29) is 12.2 Å². The quantitative estimate of drug-likeness (QED) is 0.202. The summed E-state index contributed by atoms with van der Waals surface area (Å²) in [6.45, 7) is 8.18. The van der Waals surface area contributed by atoms with Crippen molar-refractivity contribution >= 4 is 35.8 Å². The van der Waals surface area contributed by atoms with Crippen molar-refractivity contribution in [2.45, 2.75) is 103 Å². The lowest BCUT2D eigenvalue weighted by Gasteiger charge is -2.47. The Morgan fingerprint density at radius 2 is 1.20 bits per heavy atom. The number of hydrogen-bond acceptors (Lipinski definition) is 15. The van der Waals surface area contributed by atoms with E-state index in [9.17, 15) is 28.8 Å². The molecule has 230 valence electrons. The van der Waals surface area contributed by atoms with E-state index in [4.69, 9.17) is 37.9 Å². The molecule has 15 heteroatoms. The van der Waals surface area contributed by atoms with Gasteiger partial charge in [-0.2, -0.15) is 0 Å². The summed E-state index contributed by atoms with van der Waals surface area (Å²) < 4.78 is 43.8. The van der Waals surface area contributed by atoms with Gasteiger partial charge < -0.3 is 37.9 Å². The topological polar surface area (TPSA) is 188 Å². The molecule has 1 aliphatic heterocycles. The molecular weight excluding hydrogens is 550 g/mol. The number of methoxy groups -OCH3 is 1. The van der Waals surface area contributed by atoms with E-state index in [0.717, 1.165) is 20.8 Å². The predicted molar refractivity (Wildman–Crippen MR) is 135 cm³/mol. The van der Waals surface area contributed by atoms with Gasteiger partial charge in [-0.25, -0.2) is 0 Å². The van der Waals surface area contributed by atoms with E-state index in [0.29, 0.717) is 0 Å². The van der Waals surface area contributed by atoms with Crippen molar-refractivity contribution in [1.82, 2.24) is 5.32 Å². The van der Waals surface area contributed by atoms with Crippen LogP contribution in [0, 0.1) is 0 Å². The lowest BCUT2D eigenvalue weighted by Crippen LogP contribution is -2.68. The van der Waals surface area contributed by atoms with Crippen LogP contribution in [0.1, 0.15) is 48.5 Å². The van der Waals surface area contributed by atoms with Crippen molar-refractivity contribution in [2.75, 3.05) is 13.7 Å². The number of esters is 6. The molecule has 0 bridgehead atoms. The molecule has 1 N–H and O–H groups in total. The van der Waals surface area contributed by atoms with E-state index >= 15 is 0 Å². The normalized spacial score (nSPS) is 31.1.